The number of hydrogen-bond donors (Lipinski definition) is 0. The molecule has 0 aliphatic heterocycles. The van der Waals surface area contributed by atoms with Crippen LogP contribution in [0, 0.1) is 0 Å². The summed E-state index contributed by atoms with van der Waals surface area (Å²) in [6, 6.07) is 0. The largest absolute Gasteiger partial charge is 1.00 e. The fraction of sp³-hybridized carbons (Fsp3) is 0. The Balaban J connectivity index is -0.0000000450. The summed E-state index contributed by atoms with van der Waals surface area (Å²) in [5.41, 5.74) is 14.2. The molecule has 0 aliphatic carbocycles. The molecular formula is K2N4. The second-order valence-corrected chi connectivity index (χ2v) is 0.179. The second kappa shape index (κ2) is 15.6. The fourth-order valence-corrected chi connectivity index (χ4v) is 0. The molecule has 0 aliphatic rings. The van der Waals surface area contributed by atoms with Crippen molar-refractivity contribution in [2.24, 2.45) is 10.4 Å². The van der Waals surface area contributed by atoms with Crippen LogP contribution in [0.25, 0.3) is 11.1 Å². The second-order valence-electron chi connectivity index (χ2n) is 0.179. The van der Waals surface area contributed by atoms with Crippen LogP contribution >= 0.6 is 0 Å². The first-order chi connectivity index (χ1) is 1.91. The van der Waals surface area contributed by atoms with E-state index in [4.69, 9.17) is 11.1 Å². The smallest absolute Gasteiger partial charge is 0.500 e. The molecule has 0 radical (unpaired) electrons. The maximum absolute atomic E-state index is 7.08. The van der Waals surface area contributed by atoms with Crippen LogP contribution in [0.2, 0.25) is 0 Å². The molecule has 0 bridgehead atoms. The van der Waals surface area contributed by atoms with E-state index in [1.54, 1.807) is 0 Å². The summed E-state index contributed by atoms with van der Waals surface area (Å²) in [7, 11) is 0. The van der Waals surface area contributed by atoms with Crippen LogP contribution < -0.4 is 103 Å². The standard InChI is InChI=1S/2K.N4/c;;1-3-4-2/q2*+1;-2. The van der Waals surface area contributed by atoms with Gasteiger partial charge in [-0.1, -0.05) is 0 Å². The molecule has 0 unspecified atom stereocenters. The quantitative estimate of drug-likeness (QED) is 0.196. The van der Waals surface area contributed by atoms with Crippen molar-refractivity contribution >= 4 is 0 Å². The molecule has 0 atom stereocenters. The van der Waals surface area contributed by atoms with Gasteiger partial charge in [-0.05, 0) is 0 Å². The Morgan fingerprint density at radius 2 is 1.00 bits per heavy atom. The summed E-state index contributed by atoms with van der Waals surface area (Å²) in [5, 5.41) is 3.83. The molecule has 4 nitrogen and oxygen atoms in total. The minimum Gasteiger partial charge on any atom is -0.500 e. The number of rotatable bonds is 1. The van der Waals surface area contributed by atoms with Gasteiger partial charge in [0.1, 0.15) is 0 Å². The van der Waals surface area contributed by atoms with E-state index in [0.29, 0.717) is 0 Å². The molecule has 0 aromatic heterocycles. The minimum absolute atomic E-state index is 0. The van der Waals surface area contributed by atoms with Gasteiger partial charge in [-0.2, -0.15) is 0 Å². The van der Waals surface area contributed by atoms with Crippen LogP contribution in [-0.4, -0.2) is 0 Å². The van der Waals surface area contributed by atoms with Crippen molar-refractivity contribution in [2.75, 3.05) is 0 Å². The predicted octanol–water partition coefficient (Wildman–Crippen LogP) is -5.05. The zero-order valence-electron chi connectivity index (χ0n) is 3.79. The summed E-state index contributed by atoms with van der Waals surface area (Å²) in [5.74, 6) is 0. The van der Waals surface area contributed by atoms with Gasteiger partial charge in [0.15, 0.2) is 0 Å². The monoisotopic (exact) mass is 134 g/mol. The Bertz CT molecular complexity index is 26.5. The molecule has 0 aromatic rings. The van der Waals surface area contributed by atoms with Crippen molar-refractivity contribution in [1.29, 1.82) is 0 Å². The van der Waals surface area contributed by atoms with Crippen molar-refractivity contribution in [2.45, 2.75) is 0 Å². The first-order valence-electron chi connectivity index (χ1n) is 0.600. The van der Waals surface area contributed by atoms with Gasteiger partial charge in [0, 0.05) is 0 Å². The van der Waals surface area contributed by atoms with Gasteiger partial charge in [0.2, 0.25) is 0 Å². The van der Waals surface area contributed by atoms with E-state index < -0.39 is 0 Å². The molecule has 0 saturated heterocycles. The summed E-state index contributed by atoms with van der Waals surface area (Å²) >= 11 is 0. The normalized spacial score (nSPS) is 3.33. The first kappa shape index (κ1) is 15.8. The first-order valence-corrected chi connectivity index (χ1v) is 0.600. The molecule has 0 aromatic carbocycles. The van der Waals surface area contributed by atoms with E-state index >= 15 is 0 Å². The van der Waals surface area contributed by atoms with Crippen molar-refractivity contribution < 1.29 is 103 Å². The van der Waals surface area contributed by atoms with E-state index in [-0.39, 0.29) is 103 Å². The number of nitrogens with zero attached hydrogens (tertiary/aromatic N) is 4. The third-order valence-electron chi connectivity index (χ3n) is 0.0400. The van der Waals surface area contributed by atoms with E-state index in [1.807, 2.05) is 10.4 Å². The summed E-state index contributed by atoms with van der Waals surface area (Å²) in [4.78, 5) is 0. The molecule has 0 amide bonds. The van der Waals surface area contributed by atoms with Gasteiger partial charge < -0.3 is 21.5 Å². The zero-order chi connectivity index (χ0) is 3.41. The van der Waals surface area contributed by atoms with Crippen molar-refractivity contribution in [1.82, 2.24) is 0 Å². The van der Waals surface area contributed by atoms with Crippen LogP contribution in [0.5, 0.6) is 0 Å². The molecule has 0 saturated carbocycles. The predicted molar refractivity (Wildman–Crippen MR) is 11.6 cm³/mol. The molecule has 0 spiro atoms. The molecular weight excluding hydrogens is 134 g/mol. The van der Waals surface area contributed by atoms with Crippen LogP contribution in [0.15, 0.2) is 10.4 Å². The number of hydrogen-bond acceptors (Lipinski definition) is 0. The van der Waals surface area contributed by atoms with Gasteiger partial charge in [0.25, 0.3) is 0 Å². The minimum atomic E-state index is 0. The maximum Gasteiger partial charge on any atom is 1.00 e. The molecule has 0 heterocycles. The van der Waals surface area contributed by atoms with Crippen molar-refractivity contribution in [3.8, 4) is 0 Å². The van der Waals surface area contributed by atoms with Gasteiger partial charge in [-0.3, -0.25) is 0 Å². The molecule has 22 valence electrons. The molecule has 0 N–H and O–H groups in total. The van der Waals surface area contributed by atoms with Gasteiger partial charge in [-0.25, -0.2) is 0 Å². The SMILES string of the molecule is [K+].[K+].[N-]=NN=[N-]. The Labute approximate surface area is 121 Å². The third kappa shape index (κ3) is 16.1. The molecule has 0 rings (SSSR count). The topological polar surface area (TPSA) is 69.3 Å². The Kier molecular flexibility index (Phi) is 41.2. The van der Waals surface area contributed by atoms with Crippen molar-refractivity contribution in [3.63, 3.8) is 0 Å². The third-order valence-corrected chi connectivity index (χ3v) is 0.0400. The van der Waals surface area contributed by atoms with Crippen molar-refractivity contribution in [3.05, 3.63) is 11.1 Å². The fourth-order valence-electron chi connectivity index (χ4n) is 0. The van der Waals surface area contributed by atoms with Crippen LogP contribution in [0.1, 0.15) is 0 Å². The Morgan fingerprint density at radius 1 is 0.833 bits per heavy atom. The average Bonchev–Trinajstić information content (AvgIpc) is 1.37. The Hall–Kier alpha value is 2.47. The van der Waals surface area contributed by atoms with E-state index in [1.165, 1.54) is 0 Å². The average molecular weight is 134 g/mol. The van der Waals surface area contributed by atoms with Crippen LogP contribution in [0.4, 0.5) is 0 Å². The van der Waals surface area contributed by atoms with Gasteiger partial charge >= 0.3 is 103 Å². The maximum atomic E-state index is 7.08. The van der Waals surface area contributed by atoms with Gasteiger partial charge in [-0.15, -0.1) is 0 Å². The van der Waals surface area contributed by atoms with Crippen LogP contribution in [0.3, 0.4) is 0 Å². The molecule has 6 heavy (non-hydrogen) atoms. The van der Waals surface area contributed by atoms with Gasteiger partial charge in [0.05, 0.1) is 0 Å². The molecule has 0 fully saturated rings. The van der Waals surface area contributed by atoms with E-state index in [0.717, 1.165) is 0 Å². The van der Waals surface area contributed by atoms with E-state index in [2.05, 4.69) is 0 Å². The summed E-state index contributed by atoms with van der Waals surface area (Å²) in [6.07, 6.45) is 0. The zero-order valence-corrected chi connectivity index (χ0v) is 10.0. The molecule has 6 heteroatoms. The van der Waals surface area contributed by atoms with E-state index in [9.17, 15) is 0 Å². The van der Waals surface area contributed by atoms with Crippen LogP contribution in [-0.2, 0) is 0 Å². The Morgan fingerprint density at radius 3 is 1.00 bits per heavy atom. The summed E-state index contributed by atoms with van der Waals surface area (Å²) in [6.45, 7) is 0. The summed E-state index contributed by atoms with van der Waals surface area (Å²) < 4.78 is 0.